The van der Waals surface area contributed by atoms with E-state index < -0.39 is 17.2 Å². The second-order valence-electron chi connectivity index (χ2n) is 18.4. The van der Waals surface area contributed by atoms with Gasteiger partial charge in [0, 0.05) is 93.3 Å². The molecule has 5 aliphatic heterocycles. The SMILES string of the molecule is CC=C(CCO)C(=O)OC1(C)CC=C2CSSCC3C(C[NH2+]C)CN3C(=O)CC3C[NH2+]C(N)CC3C2C12CC1CC3CC(CC(CO)CCO)C(=O)OC3CC1O2. The predicted molar refractivity (Wildman–Crippen MR) is 217 cm³/mol. The molecular weight excluding hydrogens is 769 g/mol. The normalized spacial score (nSPS) is 41.5. The van der Waals surface area contributed by atoms with Crippen LogP contribution in [0.5, 0.6) is 0 Å². The molecule has 13 nitrogen and oxygen atoms in total. The van der Waals surface area contributed by atoms with Gasteiger partial charge in [-0.15, -0.1) is 0 Å². The van der Waals surface area contributed by atoms with Gasteiger partial charge < -0.3 is 45.1 Å². The van der Waals surface area contributed by atoms with Crippen molar-refractivity contribution >= 4 is 39.4 Å². The molecule has 0 aromatic carbocycles. The van der Waals surface area contributed by atoms with Gasteiger partial charge >= 0.3 is 11.9 Å². The van der Waals surface area contributed by atoms with E-state index in [0.29, 0.717) is 62.9 Å². The minimum absolute atomic E-state index is 0.00765. The van der Waals surface area contributed by atoms with E-state index in [2.05, 4.69) is 28.7 Å². The molecule has 0 aromatic rings. The molecule has 0 bridgehead atoms. The first-order chi connectivity index (χ1) is 27.5. The maximum absolute atomic E-state index is 14.3. The standard InChI is InChI=1S/C42H66N4O9S2/c1-4-25(7-10-48)40(52)55-41(2)8-5-26-22-56-57-23-33-31(18-44-3)20-46(33)37(50)14-30-19-45-36(43)15-32(30)38(26)42(41)17-29-13-27-12-28(11-24(21-49)6-9-47)39(51)53-34(27)16-35(29)54-42/h4-5,24,27-36,38,44-45,47-49H,6-23,43H2,1-3H3/p+2. The molecule has 5 heterocycles. The van der Waals surface area contributed by atoms with E-state index in [0.717, 1.165) is 37.6 Å². The number of carbonyl (C=O) groups excluding carboxylic acids is 3. The van der Waals surface area contributed by atoms with Gasteiger partial charge in [0.15, 0.2) is 0 Å². The Balaban J connectivity index is 1.24. The van der Waals surface area contributed by atoms with Crippen LogP contribution in [0.15, 0.2) is 23.3 Å². The van der Waals surface area contributed by atoms with E-state index in [-0.39, 0.29) is 104 Å². The molecule has 14 unspecified atom stereocenters. The Labute approximate surface area is 345 Å². The van der Waals surface area contributed by atoms with Crippen molar-refractivity contribution in [2.45, 2.75) is 114 Å². The Hall–Kier alpha value is -1.69. The summed E-state index contributed by atoms with van der Waals surface area (Å²) in [6.07, 6.45) is 8.83. The van der Waals surface area contributed by atoms with E-state index in [1.165, 1.54) is 5.57 Å². The van der Waals surface area contributed by atoms with Crippen LogP contribution in [-0.4, -0.2) is 132 Å². The van der Waals surface area contributed by atoms with Crippen LogP contribution >= 0.6 is 21.6 Å². The monoisotopic (exact) mass is 836 g/mol. The van der Waals surface area contributed by atoms with Crippen LogP contribution in [0.1, 0.15) is 78.1 Å². The van der Waals surface area contributed by atoms with Crippen LogP contribution < -0.4 is 16.4 Å². The number of aliphatic hydroxyl groups is 3. The molecule has 320 valence electrons. The van der Waals surface area contributed by atoms with Crippen LogP contribution in [0.2, 0.25) is 0 Å². The summed E-state index contributed by atoms with van der Waals surface area (Å²) in [4.78, 5) is 43.9. The van der Waals surface area contributed by atoms with Crippen LogP contribution in [-0.2, 0) is 28.6 Å². The lowest BCUT2D eigenvalue weighted by atomic mass is 9.56. The Kier molecular flexibility index (Phi) is 14.1. The van der Waals surface area contributed by atoms with E-state index >= 15 is 0 Å². The lowest BCUT2D eigenvalue weighted by molar-refractivity contribution is -0.706. The van der Waals surface area contributed by atoms with Gasteiger partial charge in [0.05, 0.1) is 38.2 Å². The summed E-state index contributed by atoms with van der Waals surface area (Å²) in [5, 5.41) is 33.7. The molecule has 7 rings (SSSR count). The average Bonchev–Trinajstić information content (AvgIpc) is 3.55. The van der Waals surface area contributed by atoms with Crippen molar-refractivity contribution in [1.29, 1.82) is 0 Å². The van der Waals surface area contributed by atoms with Crippen molar-refractivity contribution in [1.82, 2.24) is 4.90 Å². The number of hydrogen-bond donors (Lipinski definition) is 6. The van der Waals surface area contributed by atoms with Crippen molar-refractivity contribution in [2.24, 2.45) is 53.1 Å². The molecule has 1 spiro atoms. The lowest BCUT2D eigenvalue weighted by Gasteiger charge is -2.56. The number of piperidine rings is 1. The van der Waals surface area contributed by atoms with Gasteiger partial charge in [0.2, 0.25) is 5.91 Å². The van der Waals surface area contributed by atoms with Gasteiger partial charge in [-0.2, -0.15) is 0 Å². The Morgan fingerprint density at radius 2 is 1.96 bits per heavy atom. The van der Waals surface area contributed by atoms with Gasteiger partial charge in [0.1, 0.15) is 23.5 Å². The summed E-state index contributed by atoms with van der Waals surface area (Å²) in [6, 6.07) is 0.242. The van der Waals surface area contributed by atoms with Crippen molar-refractivity contribution in [3.63, 3.8) is 0 Å². The topological polar surface area (TPSA) is 202 Å². The van der Waals surface area contributed by atoms with E-state index in [1.807, 2.05) is 28.5 Å². The number of carbonyl (C=O) groups is 3. The van der Waals surface area contributed by atoms with Crippen LogP contribution in [0, 0.1) is 47.3 Å². The summed E-state index contributed by atoms with van der Waals surface area (Å²) < 4.78 is 20.5. The fourth-order valence-electron chi connectivity index (χ4n) is 12.0. The molecule has 7 aliphatic rings. The summed E-state index contributed by atoms with van der Waals surface area (Å²) in [5.41, 5.74) is 6.53. The molecule has 2 aliphatic carbocycles. The Morgan fingerprint density at radius 3 is 2.70 bits per heavy atom. The highest BCUT2D eigenvalue weighted by molar-refractivity contribution is 8.76. The first kappa shape index (κ1) is 43.4. The zero-order chi connectivity index (χ0) is 40.5. The minimum atomic E-state index is -1.07. The van der Waals surface area contributed by atoms with Crippen LogP contribution in [0.25, 0.3) is 0 Å². The van der Waals surface area contributed by atoms with Gasteiger partial charge in [0.25, 0.3) is 0 Å². The number of nitrogens with zero attached hydrogens (tertiary/aromatic N) is 1. The molecule has 1 saturated carbocycles. The maximum Gasteiger partial charge on any atom is 0.334 e. The molecule has 0 radical (unpaired) electrons. The third-order valence-electron chi connectivity index (χ3n) is 15.0. The van der Waals surface area contributed by atoms with E-state index in [1.54, 1.807) is 13.0 Å². The molecule has 9 N–H and O–H groups in total. The molecule has 57 heavy (non-hydrogen) atoms. The highest BCUT2D eigenvalue weighted by Crippen LogP contribution is 2.62. The van der Waals surface area contributed by atoms with Crippen molar-refractivity contribution in [2.75, 3.05) is 58.0 Å². The second-order valence-corrected chi connectivity index (χ2v) is 20.9. The molecule has 14 atom stereocenters. The number of quaternary nitrogens is 2. The fraction of sp³-hybridized carbons (Fsp3) is 0.833. The highest BCUT2D eigenvalue weighted by Gasteiger charge is 2.68. The Bertz CT molecular complexity index is 1540. The smallest absolute Gasteiger partial charge is 0.334 e. The van der Waals surface area contributed by atoms with E-state index in [4.69, 9.17) is 19.9 Å². The van der Waals surface area contributed by atoms with Gasteiger partial charge in [-0.05, 0) is 69.6 Å². The summed E-state index contributed by atoms with van der Waals surface area (Å²) >= 11 is 0. The predicted octanol–water partition coefficient (Wildman–Crippen LogP) is 0.720. The van der Waals surface area contributed by atoms with Crippen molar-refractivity contribution < 1.29 is 54.5 Å². The van der Waals surface area contributed by atoms with E-state index in [9.17, 15) is 29.7 Å². The average molecular weight is 837 g/mol. The fourth-order valence-corrected chi connectivity index (χ4v) is 14.6. The quantitative estimate of drug-likeness (QED) is 0.0739. The number of fused-ring (bicyclic) bond motifs is 7. The third kappa shape index (κ3) is 8.62. The van der Waals surface area contributed by atoms with Gasteiger partial charge in [-0.3, -0.25) is 15.3 Å². The number of ether oxygens (including phenoxy) is 3. The molecule has 0 aromatic heterocycles. The third-order valence-corrected chi connectivity index (χ3v) is 17.4. The largest absolute Gasteiger partial charge is 0.462 e. The number of allylic oxidation sites excluding steroid dienone is 1. The number of aliphatic hydroxyl groups excluding tert-OH is 3. The van der Waals surface area contributed by atoms with Crippen LogP contribution in [0.3, 0.4) is 0 Å². The molecular formula is C42H68N4O9S2+2. The van der Waals surface area contributed by atoms with Crippen LogP contribution in [0.4, 0.5) is 0 Å². The zero-order valence-corrected chi connectivity index (χ0v) is 35.7. The molecule has 5 saturated heterocycles. The first-order valence-electron chi connectivity index (χ1n) is 21.7. The Morgan fingerprint density at radius 1 is 1.14 bits per heavy atom. The molecule has 15 heteroatoms. The maximum atomic E-state index is 14.3. The number of rotatable bonds is 11. The summed E-state index contributed by atoms with van der Waals surface area (Å²) in [7, 11) is 5.79. The van der Waals surface area contributed by atoms with Gasteiger partial charge in [-0.1, -0.05) is 39.3 Å². The van der Waals surface area contributed by atoms with Crippen molar-refractivity contribution in [3.05, 3.63) is 23.3 Å². The minimum Gasteiger partial charge on any atom is -0.462 e. The number of esters is 2. The number of hydrogen-bond acceptors (Lipinski definition) is 12. The summed E-state index contributed by atoms with van der Waals surface area (Å²) in [6.45, 7) is 6.10. The van der Waals surface area contributed by atoms with Crippen molar-refractivity contribution in [3.8, 4) is 0 Å². The number of amides is 1. The molecule has 6 fully saturated rings. The zero-order valence-electron chi connectivity index (χ0n) is 34.1. The molecule has 1 amide bonds. The van der Waals surface area contributed by atoms with Gasteiger partial charge in [-0.25, -0.2) is 4.79 Å². The number of nitrogens with two attached hydrogens (primary N) is 3. The second kappa shape index (κ2) is 18.5. The highest BCUT2D eigenvalue weighted by atomic mass is 33.1. The lowest BCUT2D eigenvalue weighted by Crippen LogP contribution is -2.96. The summed E-state index contributed by atoms with van der Waals surface area (Å²) in [5.74, 6) is 1.38. The first-order valence-corrected chi connectivity index (χ1v) is 24.2.